The lowest BCUT2D eigenvalue weighted by atomic mass is 9.72. The Labute approximate surface area is 417 Å². The van der Waals surface area contributed by atoms with E-state index in [0.29, 0.717) is 88.7 Å². The number of ether oxygens (including phenoxy) is 2. The molecule has 2 aliphatic heterocycles. The number of hydrogen-bond donors (Lipinski definition) is 3. The molecule has 72 heavy (non-hydrogen) atoms. The molecule has 0 bridgehead atoms. The number of carbonyl (C=O) groups excluding carboxylic acids is 2. The number of halogens is 3. The second-order valence-corrected chi connectivity index (χ2v) is 21.6. The van der Waals surface area contributed by atoms with E-state index in [1.807, 2.05) is 13.8 Å². The topological polar surface area (TPSA) is 192 Å². The summed E-state index contributed by atoms with van der Waals surface area (Å²) in [6.07, 6.45) is 2.33. The highest BCUT2D eigenvalue weighted by atomic mass is 32.2. The summed E-state index contributed by atoms with van der Waals surface area (Å²) in [5.41, 5.74) is 3.96. The van der Waals surface area contributed by atoms with Crippen molar-refractivity contribution in [1.29, 1.82) is 0 Å². The van der Waals surface area contributed by atoms with Crippen molar-refractivity contribution in [3.8, 4) is 11.5 Å². The number of amides is 2. The average Bonchev–Trinajstić information content (AvgIpc) is 3.81. The Bertz CT molecular complexity index is 2990. The fraction of sp³-hybridized carbons (Fsp3) is 0.442. The summed E-state index contributed by atoms with van der Waals surface area (Å²) >= 11 is 0. The van der Waals surface area contributed by atoms with Crippen molar-refractivity contribution in [1.82, 2.24) is 24.5 Å². The summed E-state index contributed by atoms with van der Waals surface area (Å²) in [7, 11) is -4.65. The largest absolute Gasteiger partial charge is 0.455 e. The minimum atomic E-state index is -4.65. The van der Waals surface area contributed by atoms with Gasteiger partial charge < -0.3 is 29.6 Å². The van der Waals surface area contributed by atoms with Gasteiger partial charge in [0.1, 0.15) is 22.8 Å². The third-order valence-corrected chi connectivity index (χ3v) is 15.0. The smallest absolute Gasteiger partial charge is 0.416 e. The van der Waals surface area contributed by atoms with Gasteiger partial charge >= 0.3 is 6.18 Å². The number of nitrogens with zero attached hydrogens (tertiary/aromatic N) is 5. The number of H-pyrrole nitrogens is 1. The van der Waals surface area contributed by atoms with Crippen molar-refractivity contribution < 1.29 is 45.6 Å². The lowest BCUT2D eigenvalue weighted by molar-refractivity contribution is -0.384. The molecule has 2 saturated heterocycles. The summed E-state index contributed by atoms with van der Waals surface area (Å²) in [4.78, 5) is 51.2. The zero-order chi connectivity index (χ0) is 51.5. The van der Waals surface area contributed by atoms with Gasteiger partial charge in [-0.15, -0.1) is 0 Å². The molecule has 1 aliphatic carbocycles. The molecule has 2 amide bonds. The first-order valence-electron chi connectivity index (χ1n) is 24.3. The van der Waals surface area contributed by atoms with Crippen LogP contribution >= 0.6 is 0 Å². The number of aryl methyl sites for hydroxylation is 1. The van der Waals surface area contributed by atoms with Crippen molar-refractivity contribution in [3.05, 3.63) is 117 Å². The van der Waals surface area contributed by atoms with E-state index in [1.165, 1.54) is 42.1 Å². The first-order chi connectivity index (χ1) is 34.1. The SMILES string of the molecule is Cc1cc(C(F)(F)F)ccc1C1=C(CN2CCN(c3ccc(C(=O)NS(=O)(=O)c4ccc(NCCCC5CN(C(=O)C(C)C)CCO5)c([N+](=O)[O-])c4)c(Oc4cnc5[nH]ccc5c4)c3)CC2)CCC(C)(C)C1. The molecule has 0 saturated carbocycles. The zero-order valence-electron chi connectivity index (χ0n) is 41.1. The van der Waals surface area contributed by atoms with E-state index in [-0.39, 0.29) is 46.1 Å². The summed E-state index contributed by atoms with van der Waals surface area (Å²) in [6.45, 7) is 14.8. The van der Waals surface area contributed by atoms with Crippen LogP contribution in [-0.4, -0.2) is 110 Å². The third-order valence-electron chi connectivity index (χ3n) is 13.7. The molecule has 0 spiro atoms. The maximum absolute atomic E-state index is 14.0. The number of nitro groups is 1. The molecule has 16 nitrogen and oxygen atoms in total. The van der Waals surface area contributed by atoms with Crippen molar-refractivity contribution >= 4 is 55.5 Å². The molecule has 1 unspecified atom stereocenters. The Hall–Kier alpha value is -6.51. The maximum atomic E-state index is 14.0. The molecule has 3 aromatic carbocycles. The third kappa shape index (κ3) is 12.2. The molecular weight excluding hydrogens is 954 g/mol. The minimum Gasteiger partial charge on any atom is -0.455 e. The summed E-state index contributed by atoms with van der Waals surface area (Å²) in [6, 6.07) is 15.8. The van der Waals surface area contributed by atoms with Crippen LogP contribution in [0.4, 0.5) is 30.2 Å². The zero-order valence-corrected chi connectivity index (χ0v) is 41.9. The molecule has 4 heterocycles. The molecule has 384 valence electrons. The van der Waals surface area contributed by atoms with Gasteiger partial charge in [0.25, 0.3) is 21.6 Å². The molecular formula is C52H61F3N8O8S. The number of anilines is 2. The van der Waals surface area contributed by atoms with Gasteiger partial charge in [-0.1, -0.05) is 39.3 Å². The number of nitro benzene ring substituents is 1. The van der Waals surface area contributed by atoms with Crippen LogP contribution in [0.5, 0.6) is 11.5 Å². The van der Waals surface area contributed by atoms with Gasteiger partial charge in [0.15, 0.2) is 0 Å². The van der Waals surface area contributed by atoms with Crippen molar-refractivity contribution in [2.45, 2.75) is 83.9 Å². The normalized spacial score (nSPS) is 17.9. The van der Waals surface area contributed by atoms with Gasteiger partial charge in [0.2, 0.25) is 5.91 Å². The molecule has 2 aromatic heterocycles. The monoisotopic (exact) mass is 1010 g/mol. The van der Waals surface area contributed by atoms with Gasteiger partial charge in [-0.25, -0.2) is 18.1 Å². The Morgan fingerprint density at radius 2 is 1.81 bits per heavy atom. The predicted octanol–water partition coefficient (Wildman–Crippen LogP) is 9.57. The Balaban J connectivity index is 0.961. The fourth-order valence-electron chi connectivity index (χ4n) is 9.71. The number of allylic oxidation sites excluding steroid dienone is 1. The predicted molar refractivity (Wildman–Crippen MR) is 269 cm³/mol. The second kappa shape index (κ2) is 21.3. The molecule has 1 atom stereocenters. The number of alkyl halides is 3. The van der Waals surface area contributed by atoms with Crippen LogP contribution in [0.2, 0.25) is 0 Å². The highest BCUT2D eigenvalue weighted by Gasteiger charge is 2.34. The number of pyridine rings is 1. The number of sulfonamides is 1. The summed E-state index contributed by atoms with van der Waals surface area (Å²) in [5.74, 6) is -0.752. The van der Waals surface area contributed by atoms with E-state index < -0.39 is 43.2 Å². The molecule has 8 rings (SSSR count). The van der Waals surface area contributed by atoms with Gasteiger partial charge in [0, 0.05) is 87.7 Å². The molecule has 5 aromatic rings. The van der Waals surface area contributed by atoms with Crippen molar-refractivity contribution in [3.63, 3.8) is 0 Å². The van der Waals surface area contributed by atoms with Gasteiger partial charge in [0.05, 0.1) is 39.9 Å². The number of benzene rings is 3. The van der Waals surface area contributed by atoms with Crippen LogP contribution in [0.15, 0.2) is 89.6 Å². The van der Waals surface area contributed by atoms with Gasteiger partial charge in [-0.05, 0) is 110 Å². The number of aromatic nitrogens is 2. The van der Waals surface area contributed by atoms with E-state index in [4.69, 9.17) is 9.47 Å². The average molecular weight is 1020 g/mol. The van der Waals surface area contributed by atoms with E-state index in [1.54, 1.807) is 48.4 Å². The quantitative estimate of drug-likeness (QED) is 0.0483. The van der Waals surface area contributed by atoms with Crippen LogP contribution in [0.1, 0.15) is 86.8 Å². The number of morpholine rings is 1. The fourth-order valence-corrected chi connectivity index (χ4v) is 10.7. The van der Waals surface area contributed by atoms with Crippen molar-refractivity contribution in [2.24, 2.45) is 11.3 Å². The van der Waals surface area contributed by atoms with Crippen LogP contribution in [0.25, 0.3) is 16.6 Å². The number of rotatable bonds is 16. The lowest BCUT2D eigenvalue weighted by Gasteiger charge is -2.39. The highest BCUT2D eigenvalue weighted by molar-refractivity contribution is 7.90. The van der Waals surface area contributed by atoms with Crippen molar-refractivity contribution in [2.75, 3.05) is 69.2 Å². The first-order valence-corrected chi connectivity index (χ1v) is 25.7. The molecule has 2 fully saturated rings. The minimum absolute atomic E-state index is 0.00121. The maximum Gasteiger partial charge on any atom is 0.416 e. The summed E-state index contributed by atoms with van der Waals surface area (Å²) in [5, 5.41) is 16.0. The molecule has 3 N–H and O–H groups in total. The van der Waals surface area contributed by atoms with E-state index in [2.05, 4.69) is 43.7 Å². The Kier molecular flexibility index (Phi) is 15.3. The van der Waals surface area contributed by atoms with Gasteiger partial charge in [-0.3, -0.25) is 24.6 Å². The molecule has 20 heteroatoms. The van der Waals surface area contributed by atoms with E-state index >= 15 is 0 Å². The number of nitrogens with one attached hydrogen (secondary N) is 3. The standard InChI is InChI=1S/C52H61F3N8O8S/c1-33(2)50(65)62-23-24-70-39(32-62)7-6-17-56-45-13-10-41(28-46(45)63(66)67)72(68,69)59-49(64)43-12-9-38(27-47(43)71-40-26-35-15-18-57-48(35)58-30-40)61-21-19-60(20-22-61)31-36-14-16-51(4,5)29-44(36)42-11-8-37(25-34(42)3)52(53,54)55/h8-13,15,18,25-28,30,33,39,56H,6-7,14,16-17,19-24,29,31-32H2,1-5H3,(H,57,58)(H,59,64). The van der Waals surface area contributed by atoms with Gasteiger partial charge in [-0.2, -0.15) is 13.2 Å². The number of piperazine rings is 1. The molecule has 0 radical (unpaired) electrons. The first kappa shape index (κ1) is 51.8. The Morgan fingerprint density at radius 3 is 2.53 bits per heavy atom. The number of aromatic amines is 1. The molecule has 3 aliphatic rings. The number of carbonyl (C=O) groups is 2. The summed E-state index contributed by atoms with van der Waals surface area (Å²) < 4.78 is 82.6. The highest BCUT2D eigenvalue weighted by Crippen LogP contribution is 2.45. The van der Waals surface area contributed by atoms with E-state index in [9.17, 15) is 41.3 Å². The number of hydrogen-bond acceptors (Lipinski definition) is 12. The lowest BCUT2D eigenvalue weighted by Crippen LogP contribution is -2.47. The van der Waals surface area contributed by atoms with E-state index in [0.717, 1.165) is 41.9 Å². The Morgan fingerprint density at radius 1 is 1.03 bits per heavy atom. The van der Waals surface area contributed by atoms with Crippen LogP contribution in [0.3, 0.4) is 0 Å². The number of fused-ring (bicyclic) bond motifs is 1. The van der Waals surface area contributed by atoms with Crippen LogP contribution in [-0.2, 0) is 25.7 Å². The van der Waals surface area contributed by atoms with Crippen LogP contribution < -0.4 is 19.7 Å². The second-order valence-electron chi connectivity index (χ2n) is 20.0. The van der Waals surface area contributed by atoms with Crippen LogP contribution in [0, 0.1) is 28.4 Å².